The normalized spacial score (nSPS) is 10.8. The number of aromatic nitrogens is 3. The van der Waals surface area contributed by atoms with Crippen molar-refractivity contribution >= 4 is 0 Å². The third kappa shape index (κ3) is 4.21. The SMILES string of the molecule is Cc1nc(C)c(CNCc2cccnc2Oc2ccccc2F)nc1C. The van der Waals surface area contributed by atoms with E-state index in [1.807, 2.05) is 32.9 Å². The van der Waals surface area contributed by atoms with Gasteiger partial charge in [0, 0.05) is 24.8 Å². The predicted molar refractivity (Wildman–Crippen MR) is 97.5 cm³/mol. The Morgan fingerprint density at radius 3 is 2.50 bits per heavy atom. The van der Waals surface area contributed by atoms with Gasteiger partial charge in [0.05, 0.1) is 22.8 Å². The topological polar surface area (TPSA) is 59.9 Å². The molecule has 26 heavy (non-hydrogen) atoms. The van der Waals surface area contributed by atoms with Gasteiger partial charge in [0.25, 0.3) is 0 Å². The van der Waals surface area contributed by atoms with Gasteiger partial charge < -0.3 is 10.1 Å². The van der Waals surface area contributed by atoms with E-state index in [0.717, 1.165) is 28.3 Å². The summed E-state index contributed by atoms with van der Waals surface area (Å²) < 4.78 is 19.5. The second-order valence-corrected chi connectivity index (χ2v) is 6.03. The molecule has 0 aliphatic heterocycles. The Balaban J connectivity index is 1.69. The van der Waals surface area contributed by atoms with Gasteiger partial charge >= 0.3 is 0 Å². The van der Waals surface area contributed by atoms with Crippen LogP contribution in [0.25, 0.3) is 0 Å². The zero-order valence-corrected chi connectivity index (χ0v) is 15.1. The highest BCUT2D eigenvalue weighted by atomic mass is 19.1. The van der Waals surface area contributed by atoms with Crippen molar-refractivity contribution in [2.24, 2.45) is 0 Å². The number of para-hydroxylation sites is 1. The summed E-state index contributed by atoms with van der Waals surface area (Å²) in [5.41, 5.74) is 4.53. The molecule has 0 fully saturated rings. The molecule has 3 rings (SSSR count). The van der Waals surface area contributed by atoms with Gasteiger partial charge in [-0.3, -0.25) is 9.97 Å². The minimum absolute atomic E-state index is 0.156. The number of aryl methyl sites for hydroxylation is 3. The van der Waals surface area contributed by atoms with E-state index in [1.54, 1.807) is 24.4 Å². The maximum Gasteiger partial charge on any atom is 0.223 e. The van der Waals surface area contributed by atoms with Crippen molar-refractivity contribution in [1.29, 1.82) is 0 Å². The predicted octanol–water partition coefficient (Wildman–Crippen LogP) is 4.02. The quantitative estimate of drug-likeness (QED) is 0.726. The Labute approximate surface area is 152 Å². The third-order valence-corrected chi connectivity index (χ3v) is 4.08. The van der Waals surface area contributed by atoms with Gasteiger partial charge in [-0.15, -0.1) is 0 Å². The molecular formula is C20H21FN4O. The molecule has 6 heteroatoms. The molecule has 1 N–H and O–H groups in total. The van der Waals surface area contributed by atoms with Crippen molar-refractivity contribution in [3.8, 4) is 11.6 Å². The number of rotatable bonds is 6. The molecule has 0 unspecified atom stereocenters. The zero-order chi connectivity index (χ0) is 18.5. The second-order valence-electron chi connectivity index (χ2n) is 6.03. The van der Waals surface area contributed by atoms with Crippen LogP contribution >= 0.6 is 0 Å². The summed E-state index contributed by atoms with van der Waals surface area (Å²) in [4.78, 5) is 13.3. The summed E-state index contributed by atoms with van der Waals surface area (Å²) >= 11 is 0. The summed E-state index contributed by atoms with van der Waals surface area (Å²) in [7, 11) is 0. The molecule has 0 amide bonds. The Morgan fingerprint density at radius 2 is 1.69 bits per heavy atom. The summed E-state index contributed by atoms with van der Waals surface area (Å²) in [6.07, 6.45) is 1.62. The van der Waals surface area contributed by atoms with Crippen LogP contribution in [0.15, 0.2) is 42.6 Å². The van der Waals surface area contributed by atoms with Crippen molar-refractivity contribution in [2.45, 2.75) is 33.9 Å². The van der Waals surface area contributed by atoms with Crippen LogP contribution in [0.2, 0.25) is 0 Å². The first-order valence-electron chi connectivity index (χ1n) is 8.42. The van der Waals surface area contributed by atoms with Crippen LogP contribution in [0, 0.1) is 26.6 Å². The summed E-state index contributed by atoms with van der Waals surface area (Å²) in [5, 5.41) is 3.33. The van der Waals surface area contributed by atoms with Crippen molar-refractivity contribution in [2.75, 3.05) is 0 Å². The first kappa shape index (κ1) is 17.9. The van der Waals surface area contributed by atoms with Crippen molar-refractivity contribution < 1.29 is 9.13 Å². The molecule has 134 valence electrons. The van der Waals surface area contributed by atoms with Crippen molar-refractivity contribution in [3.63, 3.8) is 0 Å². The van der Waals surface area contributed by atoms with Crippen LogP contribution in [0.1, 0.15) is 28.3 Å². The Hall–Kier alpha value is -2.86. The fraction of sp³-hybridized carbons (Fsp3) is 0.250. The van der Waals surface area contributed by atoms with E-state index in [1.165, 1.54) is 6.07 Å². The van der Waals surface area contributed by atoms with Gasteiger partial charge in [0.1, 0.15) is 0 Å². The number of hydrogen-bond donors (Lipinski definition) is 1. The molecule has 0 saturated heterocycles. The average Bonchev–Trinajstić information content (AvgIpc) is 2.62. The first-order chi connectivity index (χ1) is 12.5. The number of halogens is 1. The minimum Gasteiger partial charge on any atom is -0.436 e. The monoisotopic (exact) mass is 352 g/mol. The van der Waals surface area contributed by atoms with Crippen LogP contribution in [-0.4, -0.2) is 15.0 Å². The van der Waals surface area contributed by atoms with E-state index in [2.05, 4.69) is 20.3 Å². The first-order valence-corrected chi connectivity index (χ1v) is 8.42. The smallest absolute Gasteiger partial charge is 0.223 e. The maximum absolute atomic E-state index is 13.8. The van der Waals surface area contributed by atoms with Crippen LogP contribution in [0.4, 0.5) is 4.39 Å². The lowest BCUT2D eigenvalue weighted by atomic mass is 10.2. The van der Waals surface area contributed by atoms with E-state index in [0.29, 0.717) is 19.0 Å². The van der Waals surface area contributed by atoms with E-state index < -0.39 is 5.82 Å². The molecule has 0 bridgehead atoms. The molecule has 0 spiro atoms. The van der Waals surface area contributed by atoms with Gasteiger partial charge in [-0.2, -0.15) is 0 Å². The molecule has 5 nitrogen and oxygen atoms in total. The molecule has 1 aromatic carbocycles. The van der Waals surface area contributed by atoms with E-state index in [4.69, 9.17) is 4.74 Å². The van der Waals surface area contributed by atoms with Gasteiger partial charge in [0.2, 0.25) is 5.88 Å². The number of nitrogens with zero attached hydrogens (tertiary/aromatic N) is 3. The van der Waals surface area contributed by atoms with Crippen molar-refractivity contribution in [3.05, 3.63) is 76.8 Å². The lowest BCUT2D eigenvalue weighted by molar-refractivity contribution is 0.420. The molecule has 0 radical (unpaired) electrons. The van der Waals surface area contributed by atoms with Gasteiger partial charge in [-0.25, -0.2) is 9.37 Å². The molecular weight excluding hydrogens is 331 g/mol. The molecule has 0 atom stereocenters. The lowest BCUT2D eigenvalue weighted by Crippen LogP contribution is -2.17. The van der Waals surface area contributed by atoms with Crippen LogP contribution < -0.4 is 10.1 Å². The third-order valence-electron chi connectivity index (χ3n) is 4.08. The van der Waals surface area contributed by atoms with E-state index in [9.17, 15) is 4.39 Å². The average molecular weight is 352 g/mol. The molecule has 0 aliphatic rings. The summed E-state index contributed by atoms with van der Waals surface area (Å²) in [5.74, 6) is 0.120. The summed E-state index contributed by atoms with van der Waals surface area (Å²) in [6, 6.07) is 10.0. The maximum atomic E-state index is 13.8. The van der Waals surface area contributed by atoms with Crippen molar-refractivity contribution in [1.82, 2.24) is 20.3 Å². The van der Waals surface area contributed by atoms with E-state index >= 15 is 0 Å². The zero-order valence-electron chi connectivity index (χ0n) is 15.1. The van der Waals surface area contributed by atoms with Gasteiger partial charge in [-0.1, -0.05) is 18.2 Å². The molecule has 0 aliphatic carbocycles. The molecule has 2 heterocycles. The Bertz CT molecular complexity index is 914. The standard InChI is InChI=1S/C20H21FN4O/c1-13-14(2)25-18(15(3)24-13)12-22-11-16-7-6-10-23-20(16)26-19-9-5-4-8-17(19)21/h4-10,22H,11-12H2,1-3H3. The highest BCUT2D eigenvalue weighted by molar-refractivity contribution is 5.33. The fourth-order valence-electron chi connectivity index (χ4n) is 2.53. The largest absolute Gasteiger partial charge is 0.436 e. The number of benzene rings is 1. The highest BCUT2D eigenvalue weighted by Crippen LogP contribution is 2.25. The highest BCUT2D eigenvalue weighted by Gasteiger charge is 2.10. The van der Waals surface area contributed by atoms with Crippen LogP contribution in [0.3, 0.4) is 0 Å². The second kappa shape index (κ2) is 8.01. The lowest BCUT2D eigenvalue weighted by Gasteiger charge is -2.12. The number of hydrogen-bond acceptors (Lipinski definition) is 5. The number of nitrogens with one attached hydrogen (secondary N) is 1. The minimum atomic E-state index is -0.418. The molecule has 3 aromatic rings. The molecule has 2 aromatic heterocycles. The van der Waals surface area contributed by atoms with Crippen LogP contribution in [0.5, 0.6) is 11.6 Å². The summed E-state index contributed by atoms with van der Waals surface area (Å²) in [6.45, 7) is 6.95. The Morgan fingerprint density at radius 1 is 0.923 bits per heavy atom. The van der Waals surface area contributed by atoms with Gasteiger partial charge in [-0.05, 0) is 39.0 Å². The van der Waals surface area contributed by atoms with Crippen LogP contribution in [-0.2, 0) is 13.1 Å². The number of ether oxygens (including phenoxy) is 1. The van der Waals surface area contributed by atoms with Gasteiger partial charge in [0.15, 0.2) is 11.6 Å². The Kier molecular flexibility index (Phi) is 5.53. The number of pyridine rings is 1. The molecule has 0 saturated carbocycles. The van der Waals surface area contributed by atoms with E-state index in [-0.39, 0.29) is 5.75 Å². The fourth-order valence-corrected chi connectivity index (χ4v) is 2.53.